The summed E-state index contributed by atoms with van der Waals surface area (Å²) in [6, 6.07) is 17.7. The van der Waals surface area contributed by atoms with Crippen LogP contribution in [0.5, 0.6) is 0 Å². The second-order valence-electron chi connectivity index (χ2n) is 10.4. The number of aryl methyl sites for hydroxylation is 3. The molecule has 1 unspecified atom stereocenters. The van der Waals surface area contributed by atoms with Gasteiger partial charge in [-0.1, -0.05) is 30.3 Å². The molecule has 0 radical (unpaired) electrons. The fraction of sp³-hybridized carbons (Fsp3) is 0.250. The summed E-state index contributed by atoms with van der Waals surface area (Å²) < 4.78 is 14.0. The number of nitrogens with two attached hydrogens (primary N) is 1. The average molecular weight is 569 g/mol. The number of carbonyl (C=O) groups is 1. The van der Waals surface area contributed by atoms with Crippen LogP contribution in [0.1, 0.15) is 53.0 Å². The maximum atomic E-state index is 14.0. The molecular formula is C32H29FN4O3S. The Morgan fingerprint density at radius 1 is 1.10 bits per heavy atom. The summed E-state index contributed by atoms with van der Waals surface area (Å²) in [4.78, 5) is 27.4. The molecule has 0 saturated carbocycles. The number of hydrogen-bond acceptors (Lipinski definition) is 7. The Morgan fingerprint density at radius 3 is 2.56 bits per heavy atom. The number of rotatable bonds is 6. The molecule has 0 aromatic heterocycles. The zero-order valence-corrected chi connectivity index (χ0v) is 23.8. The Kier molecular flexibility index (Phi) is 7.70. The highest BCUT2D eigenvalue weighted by Crippen LogP contribution is 2.49. The topological polar surface area (TPSA) is 113 Å². The molecule has 1 aliphatic carbocycles. The minimum absolute atomic E-state index is 0.0106. The predicted octanol–water partition coefficient (Wildman–Crippen LogP) is 7.26. The molecule has 7 nitrogen and oxygen atoms in total. The van der Waals surface area contributed by atoms with Crippen LogP contribution in [0.2, 0.25) is 0 Å². The van der Waals surface area contributed by atoms with Gasteiger partial charge in [0.15, 0.2) is 5.78 Å². The molecule has 2 aliphatic rings. The van der Waals surface area contributed by atoms with Crippen LogP contribution in [0.15, 0.2) is 82.2 Å². The van der Waals surface area contributed by atoms with Crippen LogP contribution in [-0.2, 0) is 10.5 Å². The molecule has 0 saturated heterocycles. The summed E-state index contributed by atoms with van der Waals surface area (Å²) >= 11 is 1.73. The van der Waals surface area contributed by atoms with Gasteiger partial charge in [0.05, 0.1) is 28.5 Å². The molecule has 208 valence electrons. The van der Waals surface area contributed by atoms with Gasteiger partial charge in [-0.3, -0.25) is 19.8 Å². The van der Waals surface area contributed by atoms with Crippen molar-refractivity contribution in [2.75, 3.05) is 4.90 Å². The van der Waals surface area contributed by atoms with Gasteiger partial charge in [-0.05, 0) is 79.6 Å². The number of allylic oxidation sites excluding steroid dienone is 3. The molecule has 3 aromatic rings. The largest absolute Gasteiger partial charge is 0.384 e. The van der Waals surface area contributed by atoms with E-state index in [1.807, 2.05) is 26.0 Å². The zero-order chi connectivity index (χ0) is 29.4. The predicted molar refractivity (Wildman–Crippen MR) is 158 cm³/mol. The van der Waals surface area contributed by atoms with Crippen LogP contribution in [-0.4, -0.2) is 10.7 Å². The maximum Gasteiger partial charge on any atom is 0.296 e. The van der Waals surface area contributed by atoms with Gasteiger partial charge in [0.2, 0.25) is 0 Å². The Balaban J connectivity index is 1.67. The first-order chi connectivity index (χ1) is 19.6. The number of anilines is 1. The van der Waals surface area contributed by atoms with E-state index in [9.17, 15) is 24.6 Å². The number of hydrogen-bond donors (Lipinski definition) is 1. The van der Waals surface area contributed by atoms with Crippen molar-refractivity contribution in [1.82, 2.24) is 0 Å². The minimum Gasteiger partial charge on any atom is -0.384 e. The molecule has 0 bridgehead atoms. The van der Waals surface area contributed by atoms with E-state index in [1.165, 1.54) is 21.4 Å². The number of thioether (sulfide) groups is 1. The van der Waals surface area contributed by atoms with E-state index in [4.69, 9.17) is 5.73 Å². The van der Waals surface area contributed by atoms with Crippen LogP contribution in [0, 0.1) is 48.0 Å². The Morgan fingerprint density at radius 2 is 1.85 bits per heavy atom. The number of ketones is 1. The first-order valence-corrected chi connectivity index (χ1v) is 14.3. The van der Waals surface area contributed by atoms with E-state index in [0.29, 0.717) is 36.3 Å². The van der Waals surface area contributed by atoms with Gasteiger partial charge in [0.25, 0.3) is 5.69 Å². The third-order valence-electron chi connectivity index (χ3n) is 7.80. The Hall–Kier alpha value is -4.42. The van der Waals surface area contributed by atoms with Crippen molar-refractivity contribution in [2.45, 2.75) is 56.6 Å². The molecule has 0 amide bonds. The van der Waals surface area contributed by atoms with E-state index < -0.39 is 22.3 Å². The summed E-state index contributed by atoms with van der Waals surface area (Å²) in [6.07, 6.45) is 1.27. The standard InChI is InChI=1S/C32H29FN4O3S/c1-18-7-4-5-10-29(18)41-17-21-14-23(20(3)13-19(21)2)30-24(16-34)32(35)36(26-8-6-9-28(38)31(26)30)25-12-11-22(33)15-27(25)37(39)40/h4-5,7,10-15,30H,6,8-9,17,35H2,1-3H3. The quantitative estimate of drug-likeness (QED) is 0.189. The lowest BCUT2D eigenvalue weighted by Crippen LogP contribution is -2.39. The molecule has 1 heterocycles. The highest BCUT2D eigenvalue weighted by molar-refractivity contribution is 7.98. The van der Waals surface area contributed by atoms with Gasteiger partial charge in [-0.2, -0.15) is 5.26 Å². The number of nitrogens with zero attached hydrogens (tertiary/aromatic N) is 3. The molecule has 2 N–H and O–H groups in total. The molecule has 3 aromatic carbocycles. The highest BCUT2D eigenvalue weighted by atomic mass is 32.2. The van der Waals surface area contributed by atoms with Gasteiger partial charge in [0.1, 0.15) is 17.3 Å². The molecule has 41 heavy (non-hydrogen) atoms. The second-order valence-corrected chi connectivity index (χ2v) is 11.4. The number of nitriles is 1. The van der Waals surface area contributed by atoms with Crippen LogP contribution in [0.4, 0.5) is 15.8 Å². The summed E-state index contributed by atoms with van der Waals surface area (Å²) in [5.41, 5.74) is 12.4. The van der Waals surface area contributed by atoms with E-state index in [0.717, 1.165) is 34.4 Å². The smallest absolute Gasteiger partial charge is 0.296 e. The first-order valence-electron chi connectivity index (χ1n) is 13.3. The summed E-state index contributed by atoms with van der Waals surface area (Å²) in [5.74, 6) is -0.885. The van der Waals surface area contributed by atoms with Crippen LogP contribution in [0.3, 0.4) is 0 Å². The lowest BCUT2D eigenvalue weighted by Gasteiger charge is -2.39. The van der Waals surface area contributed by atoms with E-state index in [1.54, 1.807) is 11.8 Å². The molecular weight excluding hydrogens is 539 g/mol. The molecule has 1 atom stereocenters. The van der Waals surface area contributed by atoms with E-state index in [2.05, 4.69) is 37.3 Å². The van der Waals surface area contributed by atoms with Crippen molar-refractivity contribution in [3.63, 3.8) is 0 Å². The van der Waals surface area contributed by atoms with Gasteiger partial charge in [0, 0.05) is 28.3 Å². The summed E-state index contributed by atoms with van der Waals surface area (Å²) in [5, 5.41) is 22.3. The van der Waals surface area contributed by atoms with Crippen molar-refractivity contribution in [2.24, 2.45) is 5.73 Å². The highest BCUT2D eigenvalue weighted by Gasteiger charge is 2.42. The lowest BCUT2D eigenvalue weighted by atomic mass is 9.74. The summed E-state index contributed by atoms with van der Waals surface area (Å²) in [7, 11) is 0. The fourth-order valence-corrected chi connectivity index (χ4v) is 6.85. The number of benzene rings is 3. The molecule has 5 rings (SSSR count). The monoisotopic (exact) mass is 568 g/mol. The number of carbonyl (C=O) groups excluding carboxylic acids is 1. The van der Waals surface area contributed by atoms with Crippen molar-refractivity contribution in [1.29, 1.82) is 5.26 Å². The minimum atomic E-state index is -0.765. The number of nitro groups is 1. The third kappa shape index (κ3) is 5.11. The number of Topliss-reactive ketones (excluding diaryl/α,β-unsaturated/α-hetero) is 1. The van der Waals surface area contributed by atoms with Gasteiger partial charge in [-0.25, -0.2) is 4.39 Å². The van der Waals surface area contributed by atoms with Crippen molar-refractivity contribution in [3.05, 3.63) is 121 Å². The molecule has 9 heteroatoms. The fourth-order valence-electron chi connectivity index (χ4n) is 5.76. The maximum absolute atomic E-state index is 14.0. The van der Waals surface area contributed by atoms with E-state index >= 15 is 0 Å². The van der Waals surface area contributed by atoms with Crippen molar-refractivity contribution < 1.29 is 14.1 Å². The normalized spacial score (nSPS) is 17.0. The number of nitro benzene ring substituents is 1. The van der Waals surface area contributed by atoms with Gasteiger partial charge < -0.3 is 5.73 Å². The SMILES string of the molecule is Cc1cc(C)c(C2C(C#N)=C(N)N(c3ccc(F)cc3[N+](=O)[O-])C3=C2C(=O)CCC3)cc1CSc1ccccc1C. The van der Waals surface area contributed by atoms with Crippen LogP contribution >= 0.6 is 11.8 Å². The Labute approximate surface area is 242 Å². The first kappa shape index (κ1) is 28.1. The molecule has 0 spiro atoms. The van der Waals surface area contributed by atoms with Gasteiger partial charge >= 0.3 is 0 Å². The van der Waals surface area contributed by atoms with Gasteiger partial charge in [-0.15, -0.1) is 11.8 Å². The van der Waals surface area contributed by atoms with Crippen LogP contribution < -0.4 is 10.6 Å². The van der Waals surface area contributed by atoms with Crippen molar-refractivity contribution in [3.8, 4) is 6.07 Å². The second kappa shape index (κ2) is 11.2. The van der Waals surface area contributed by atoms with Crippen molar-refractivity contribution >= 4 is 28.9 Å². The van der Waals surface area contributed by atoms with E-state index in [-0.39, 0.29) is 22.9 Å². The third-order valence-corrected chi connectivity index (χ3v) is 9.03. The molecule has 1 aliphatic heterocycles. The average Bonchev–Trinajstić information content (AvgIpc) is 2.93. The molecule has 0 fully saturated rings. The summed E-state index contributed by atoms with van der Waals surface area (Å²) in [6.45, 7) is 6.08. The number of halogens is 1. The van der Waals surface area contributed by atoms with Crippen LogP contribution in [0.25, 0.3) is 0 Å². The zero-order valence-electron chi connectivity index (χ0n) is 23.0. The Bertz CT molecular complexity index is 1710. The lowest BCUT2D eigenvalue weighted by molar-refractivity contribution is -0.384.